The normalized spacial score (nSPS) is 28.0. The molecule has 0 amide bonds. The molecular weight excluding hydrogens is 242 g/mol. The van der Waals surface area contributed by atoms with Gasteiger partial charge < -0.3 is 5.73 Å². The third-order valence-electron chi connectivity index (χ3n) is 4.46. The lowest BCUT2D eigenvalue weighted by atomic mass is 9.98. The first kappa shape index (κ1) is 14.6. The van der Waals surface area contributed by atoms with Crippen molar-refractivity contribution in [3.63, 3.8) is 0 Å². The molecule has 0 aliphatic carbocycles. The summed E-state index contributed by atoms with van der Waals surface area (Å²) in [5.74, 6) is 2.50. The summed E-state index contributed by atoms with van der Waals surface area (Å²) in [6, 6.07) is 1.44. The van der Waals surface area contributed by atoms with Gasteiger partial charge in [-0.05, 0) is 37.3 Å². The van der Waals surface area contributed by atoms with Gasteiger partial charge >= 0.3 is 0 Å². The fraction of sp³-hybridized carbons (Fsp3) is 1.00. The number of fused-ring (bicyclic) bond motifs is 1. The van der Waals surface area contributed by atoms with Crippen molar-refractivity contribution in [1.29, 1.82) is 0 Å². The highest BCUT2D eigenvalue weighted by molar-refractivity contribution is 7.99. The average Bonchev–Trinajstić information content (AvgIpc) is 2.43. The van der Waals surface area contributed by atoms with Crippen LogP contribution in [0.2, 0.25) is 0 Å². The molecule has 3 nitrogen and oxygen atoms in total. The first-order chi connectivity index (χ1) is 8.85. The minimum Gasteiger partial charge on any atom is -0.329 e. The standard InChI is InChI=1S/C14H29N3S/c1-2-18-10-6-13(11-15)17-9-8-16-7-4-3-5-14(16)12-17/h13-14H,2-12,15H2,1H3. The van der Waals surface area contributed by atoms with E-state index in [1.54, 1.807) is 0 Å². The minimum absolute atomic E-state index is 0.619. The molecule has 0 radical (unpaired) electrons. The van der Waals surface area contributed by atoms with Crippen molar-refractivity contribution >= 4 is 11.8 Å². The van der Waals surface area contributed by atoms with Crippen LogP contribution in [-0.4, -0.2) is 66.1 Å². The fourth-order valence-corrected chi connectivity index (χ4v) is 4.05. The van der Waals surface area contributed by atoms with Crippen LogP contribution in [0.3, 0.4) is 0 Å². The second kappa shape index (κ2) is 7.73. The Labute approximate surface area is 116 Å². The van der Waals surface area contributed by atoms with Crippen LogP contribution in [0.1, 0.15) is 32.6 Å². The van der Waals surface area contributed by atoms with Crippen molar-refractivity contribution in [3.8, 4) is 0 Å². The van der Waals surface area contributed by atoms with Crippen molar-refractivity contribution in [3.05, 3.63) is 0 Å². The molecule has 18 heavy (non-hydrogen) atoms. The van der Waals surface area contributed by atoms with Crippen molar-refractivity contribution in [2.45, 2.75) is 44.7 Å². The second-order valence-electron chi connectivity index (χ2n) is 5.56. The molecular formula is C14H29N3S. The molecule has 0 aromatic rings. The Kier molecular flexibility index (Phi) is 6.29. The van der Waals surface area contributed by atoms with Crippen LogP contribution in [0.25, 0.3) is 0 Å². The summed E-state index contributed by atoms with van der Waals surface area (Å²) in [4.78, 5) is 5.37. The summed E-state index contributed by atoms with van der Waals surface area (Å²) < 4.78 is 0. The maximum absolute atomic E-state index is 5.99. The SMILES string of the molecule is CCSCCC(CN)N1CCN2CCCCC2C1. The predicted octanol–water partition coefficient (Wildman–Crippen LogP) is 1.63. The summed E-state index contributed by atoms with van der Waals surface area (Å²) >= 11 is 2.05. The van der Waals surface area contributed by atoms with Crippen LogP contribution in [0, 0.1) is 0 Å². The highest BCUT2D eigenvalue weighted by atomic mass is 32.2. The molecule has 2 N–H and O–H groups in total. The van der Waals surface area contributed by atoms with Gasteiger partial charge in [-0.1, -0.05) is 13.3 Å². The maximum atomic E-state index is 5.99. The van der Waals surface area contributed by atoms with Gasteiger partial charge in [0.2, 0.25) is 0 Å². The number of piperazine rings is 1. The molecule has 2 saturated heterocycles. The quantitative estimate of drug-likeness (QED) is 0.744. The summed E-state index contributed by atoms with van der Waals surface area (Å²) in [7, 11) is 0. The summed E-state index contributed by atoms with van der Waals surface area (Å²) in [6.45, 7) is 8.16. The van der Waals surface area contributed by atoms with Crippen LogP contribution < -0.4 is 5.73 Å². The lowest BCUT2D eigenvalue weighted by Gasteiger charge is -2.46. The maximum Gasteiger partial charge on any atom is 0.0227 e. The zero-order chi connectivity index (χ0) is 12.8. The van der Waals surface area contributed by atoms with Crippen LogP contribution in [0.5, 0.6) is 0 Å². The van der Waals surface area contributed by atoms with E-state index in [9.17, 15) is 0 Å². The molecule has 106 valence electrons. The number of nitrogens with two attached hydrogens (primary N) is 1. The Morgan fingerprint density at radius 2 is 2.17 bits per heavy atom. The highest BCUT2D eigenvalue weighted by Gasteiger charge is 2.31. The first-order valence-electron chi connectivity index (χ1n) is 7.61. The van der Waals surface area contributed by atoms with Crippen molar-refractivity contribution < 1.29 is 0 Å². The van der Waals surface area contributed by atoms with Crippen LogP contribution in [0.4, 0.5) is 0 Å². The van der Waals surface area contributed by atoms with E-state index in [1.807, 2.05) is 11.8 Å². The molecule has 0 aromatic heterocycles. The minimum atomic E-state index is 0.619. The van der Waals surface area contributed by atoms with Gasteiger partial charge in [0.15, 0.2) is 0 Å². The van der Waals surface area contributed by atoms with Gasteiger partial charge in [0.05, 0.1) is 0 Å². The summed E-state index contributed by atoms with van der Waals surface area (Å²) in [6.07, 6.45) is 5.50. The first-order valence-corrected chi connectivity index (χ1v) is 8.76. The van der Waals surface area contributed by atoms with E-state index < -0.39 is 0 Å². The van der Waals surface area contributed by atoms with E-state index in [-0.39, 0.29) is 0 Å². The number of hydrogen-bond acceptors (Lipinski definition) is 4. The topological polar surface area (TPSA) is 32.5 Å². The fourth-order valence-electron chi connectivity index (χ4n) is 3.32. The van der Waals surface area contributed by atoms with Crippen molar-refractivity contribution in [1.82, 2.24) is 9.80 Å². The number of hydrogen-bond donors (Lipinski definition) is 1. The average molecular weight is 271 g/mol. The van der Waals surface area contributed by atoms with Crippen molar-refractivity contribution in [2.24, 2.45) is 5.73 Å². The van der Waals surface area contributed by atoms with Crippen LogP contribution in [-0.2, 0) is 0 Å². The molecule has 2 aliphatic rings. The monoisotopic (exact) mass is 271 g/mol. The lowest BCUT2D eigenvalue weighted by Crippen LogP contribution is -2.58. The summed E-state index contributed by atoms with van der Waals surface area (Å²) in [5, 5.41) is 0. The molecule has 2 rings (SSSR count). The Balaban J connectivity index is 1.80. The number of rotatable bonds is 6. The molecule has 2 aliphatic heterocycles. The summed E-state index contributed by atoms with van der Waals surface area (Å²) in [5.41, 5.74) is 5.99. The third kappa shape index (κ3) is 3.86. The zero-order valence-corrected chi connectivity index (χ0v) is 12.6. The third-order valence-corrected chi connectivity index (χ3v) is 5.39. The lowest BCUT2D eigenvalue weighted by molar-refractivity contribution is 0.0285. The molecule has 0 bridgehead atoms. The number of piperidine rings is 1. The van der Waals surface area contributed by atoms with Gasteiger partial charge in [0.25, 0.3) is 0 Å². The Morgan fingerprint density at radius 1 is 1.28 bits per heavy atom. The molecule has 2 unspecified atom stereocenters. The zero-order valence-electron chi connectivity index (χ0n) is 11.8. The van der Waals surface area contributed by atoms with Gasteiger partial charge in [-0.15, -0.1) is 0 Å². The van der Waals surface area contributed by atoms with Gasteiger partial charge in [-0.25, -0.2) is 0 Å². The van der Waals surface area contributed by atoms with E-state index in [2.05, 4.69) is 16.7 Å². The Hall–Kier alpha value is 0.230. The van der Waals surface area contributed by atoms with E-state index in [4.69, 9.17) is 5.73 Å². The van der Waals surface area contributed by atoms with Crippen LogP contribution >= 0.6 is 11.8 Å². The molecule has 4 heteroatoms. The molecule has 0 spiro atoms. The molecule has 2 heterocycles. The predicted molar refractivity (Wildman–Crippen MR) is 81.2 cm³/mol. The van der Waals surface area contributed by atoms with E-state index in [0.29, 0.717) is 6.04 Å². The second-order valence-corrected chi connectivity index (χ2v) is 6.95. The smallest absolute Gasteiger partial charge is 0.0227 e. The number of nitrogens with zero attached hydrogens (tertiary/aromatic N) is 2. The molecule has 2 atom stereocenters. The molecule has 0 aromatic carbocycles. The molecule has 2 fully saturated rings. The van der Waals surface area contributed by atoms with Gasteiger partial charge in [-0.2, -0.15) is 11.8 Å². The Bertz CT molecular complexity index is 237. The Morgan fingerprint density at radius 3 is 2.94 bits per heavy atom. The van der Waals surface area contributed by atoms with E-state index in [1.165, 1.54) is 63.4 Å². The highest BCUT2D eigenvalue weighted by Crippen LogP contribution is 2.23. The van der Waals surface area contributed by atoms with Gasteiger partial charge in [0, 0.05) is 38.3 Å². The largest absolute Gasteiger partial charge is 0.329 e. The number of thioether (sulfide) groups is 1. The van der Waals surface area contributed by atoms with E-state index >= 15 is 0 Å². The van der Waals surface area contributed by atoms with Gasteiger partial charge in [0.1, 0.15) is 0 Å². The van der Waals surface area contributed by atoms with Gasteiger partial charge in [-0.3, -0.25) is 9.80 Å². The van der Waals surface area contributed by atoms with Crippen LogP contribution in [0.15, 0.2) is 0 Å². The molecule has 0 saturated carbocycles. The van der Waals surface area contributed by atoms with Crippen molar-refractivity contribution in [2.75, 3.05) is 44.2 Å². The van der Waals surface area contributed by atoms with E-state index in [0.717, 1.165) is 12.6 Å².